The maximum absolute atomic E-state index is 12.4. The van der Waals surface area contributed by atoms with E-state index in [4.69, 9.17) is 0 Å². The van der Waals surface area contributed by atoms with Gasteiger partial charge in [-0.3, -0.25) is 19.1 Å². The molecule has 0 saturated carbocycles. The summed E-state index contributed by atoms with van der Waals surface area (Å²) in [6.07, 6.45) is 5.95. The second-order valence-electron chi connectivity index (χ2n) is 6.38. The van der Waals surface area contributed by atoms with Gasteiger partial charge in [-0.2, -0.15) is 0 Å². The molecule has 3 aromatic rings. The number of pyridine rings is 1. The number of benzene rings is 1. The Morgan fingerprint density at radius 2 is 1.81 bits per heavy atom. The van der Waals surface area contributed by atoms with Crippen molar-refractivity contribution in [1.29, 1.82) is 0 Å². The second-order valence-corrected chi connectivity index (χ2v) is 6.38. The summed E-state index contributed by atoms with van der Waals surface area (Å²) in [6.45, 7) is 0.834. The monoisotopic (exact) mass is 366 g/mol. The summed E-state index contributed by atoms with van der Waals surface area (Å²) < 4.78 is 1.23. The van der Waals surface area contributed by atoms with E-state index in [1.165, 1.54) is 4.57 Å². The minimum absolute atomic E-state index is 0.00692. The van der Waals surface area contributed by atoms with Crippen LogP contribution in [-0.4, -0.2) is 20.4 Å². The number of carbonyl (C=O) groups excluding carboxylic acids is 1. The van der Waals surface area contributed by atoms with Crippen LogP contribution in [0.5, 0.6) is 0 Å². The number of hydrogen-bond donors (Lipinski definition) is 2. The van der Waals surface area contributed by atoms with E-state index in [0.29, 0.717) is 43.3 Å². The molecule has 0 spiro atoms. The van der Waals surface area contributed by atoms with Crippen molar-refractivity contribution in [2.45, 2.75) is 38.8 Å². The van der Waals surface area contributed by atoms with E-state index >= 15 is 0 Å². The number of amides is 1. The molecule has 1 amide bonds. The Hall–Kier alpha value is -3.22. The summed E-state index contributed by atoms with van der Waals surface area (Å²) in [5.74, 6) is -0.00692. The zero-order valence-electron chi connectivity index (χ0n) is 15.0. The zero-order valence-corrected chi connectivity index (χ0v) is 15.0. The summed E-state index contributed by atoms with van der Waals surface area (Å²) in [7, 11) is 0. The number of nitrogens with one attached hydrogen (secondary N) is 2. The van der Waals surface area contributed by atoms with Gasteiger partial charge in [-0.05, 0) is 42.7 Å². The largest absolute Gasteiger partial charge is 0.352 e. The number of aromatic amines is 1. The lowest BCUT2D eigenvalue weighted by atomic mass is 10.1. The van der Waals surface area contributed by atoms with Crippen LogP contribution < -0.4 is 16.6 Å². The molecule has 0 saturated heterocycles. The highest BCUT2D eigenvalue weighted by Gasteiger charge is 2.07. The molecule has 1 aromatic carbocycles. The highest BCUT2D eigenvalue weighted by atomic mass is 16.2. The number of carbonyl (C=O) groups is 1. The third-order valence-corrected chi connectivity index (χ3v) is 4.41. The van der Waals surface area contributed by atoms with Crippen LogP contribution in [0.3, 0.4) is 0 Å². The van der Waals surface area contributed by atoms with E-state index in [2.05, 4.69) is 15.3 Å². The molecule has 7 heteroatoms. The van der Waals surface area contributed by atoms with Gasteiger partial charge in [-0.15, -0.1) is 0 Å². The first-order valence-corrected chi connectivity index (χ1v) is 9.02. The lowest BCUT2D eigenvalue weighted by Crippen LogP contribution is -2.35. The molecule has 0 atom stereocenters. The molecule has 2 heterocycles. The number of aromatic nitrogens is 3. The number of fused-ring (bicyclic) bond motifs is 1. The van der Waals surface area contributed by atoms with Crippen LogP contribution in [0.25, 0.3) is 10.9 Å². The fourth-order valence-electron chi connectivity index (χ4n) is 2.92. The first kappa shape index (κ1) is 18.6. The smallest absolute Gasteiger partial charge is 0.328 e. The predicted octanol–water partition coefficient (Wildman–Crippen LogP) is 1.96. The average Bonchev–Trinajstić information content (AvgIpc) is 2.69. The quantitative estimate of drug-likeness (QED) is 0.596. The van der Waals surface area contributed by atoms with Gasteiger partial charge in [0.25, 0.3) is 5.56 Å². The molecule has 27 heavy (non-hydrogen) atoms. The van der Waals surface area contributed by atoms with E-state index in [9.17, 15) is 14.4 Å². The molecule has 0 unspecified atom stereocenters. The highest BCUT2D eigenvalue weighted by Crippen LogP contribution is 2.05. The van der Waals surface area contributed by atoms with Gasteiger partial charge in [0.2, 0.25) is 5.91 Å². The van der Waals surface area contributed by atoms with Crippen molar-refractivity contribution >= 4 is 16.8 Å². The van der Waals surface area contributed by atoms with Crippen LogP contribution in [0.2, 0.25) is 0 Å². The molecule has 0 bridgehead atoms. The van der Waals surface area contributed by atoms with Crippen molar-refractivity contribution in [1.82, 2.24) is 19.9 Å². The molecule has 0 aliphatic carbocycles. The van der Waals surface area contributed by atoms with Crippen LogP contribution >= 0.6 is 0 Å². The average molecular weight is 366 g/mol. The molecule has 0 radical (unpaired) electrons. The number of unbranched alkanes of at least 4 members (excludes halogenated alkanes) is 2. The number of nitrogens with zero attached hydrogens (tertiary/aromatic N) is 2. The van der Waals surface area contributed by atoms with Crippen molar-refractivity contribution in [2.24, 2.45) is 0 Å². The number of rotatable bonds is 8. The second kappa shape index (κ2) is 8.93. The van der Waals surface area contributed by atoms with E-state index in [0.717, 1.165) is 12.0 Å². The van der Waals surface area contributed by atoms with Crippen molar-refractivity contribution in [3.8, 4) is 0 Å². The van der Waals surface area contributed by atoms with E-state index < -0.39 is 5.69 Å². The number of para-hydroxylation sites is 1. The molecule has 0 aliphatic rings. The van der Waals surface area contributed by atoms with Crippen molar-refractivity contribution in [2.75, 3.05) is 0 Å². The third-order valence-electron chi connectivity index (χ3n) is 4.41. The number of H-pyrrole nitrogens is 1. The number of hydrogen-bond acceptors (Lipinski definition) is 4. The topological polar surface area (TPSA) is 96.9 Å². The first-order chi connectivity index (χ1) is 13.1. The van der Waals surface area contributed by atoms with E-state index in [-0.39, 0.29) is 11.5 Å². The Kier molecular flexibility index (Phi) is 6.14. The highest BCUT2D eigenvalue weighted by molar-refractivity contribution is 5.77. The van der Waals surface area contributed by atoms with Crippen LogP contribution in [0.4, 0.5) is 0 Å². The van der Waals surface area contributed by atoms with Crippen molar-refractivity contribution < 1.29 is 4.79 Å². The van der Waals surface area contributed by atoms with Gasteiger partial charge in [0.15, 0.2) is 0 Å². The van der Waals surface area contributed by atoms with E-state index in [1.807, 2.05) is 12.1 Å². The molecule has 140 valence electrons. The summed E-state index contributed by atoms with van der Waals surface area (Å²) in [5, 5.41) is 3.38. The Morgan fingerprint density at radius 1 is 1.04 bits per heavy atom. The molecular weight excluding hydrogens is 344 g/mol. The maximum Gasteiger partial charge on any atom is 0.328 e. The van der Waals surface area contributed by atoms with Crippen LogP contribution in [-0.2, 0) is 17.9 Å². The van der Waals surface area contributed by atoms with Crippen molar-refractivity contribution in [3.05, 3.63) is 75.2 Å². The van der Waals surface area contributed by atoms with Gasteiger partial charge in [0, 0.05) is 31.9 Å². The Morgan fingerprint density at radius 3 is 2.63 bits per heavy atom. The zero-order chi connectivity index (χ0) is 19.1. The van der Waals surface area contributed by atoms with Gasteiger partial charge in [0.05, 0.1) is 10.9 Å². The normalized spacial score (nSPS) is 10.8. The SMILES string of the molecule is O=C(CCCCCn1c(=O)[nH]c2ccccc2c1=O)NCc1ccncc1. The fourth-order valence-corrected chi connectivity index (χ4v) is 2.92. The lowest BCUT2D eigenvalue weighted by molar-refractivity contribution is -0.121. The van der Waals surface area contributed by atoms with Crippen LogP contribution in [0, 0.1) is 0 Å². The minimum atomic E-state index is -0.395. The van der Waals surface area contributed by atoms with Crippen molar-refractivity contribution in [3.63, 3.8) is 0 Å². The van der Waals surface area contributed by atoms with Gasteiger partial charge in [-0.1, -0.05) is 18.6 Å². The standard InChI is InChI=1S/C20H22N4O3/c25-18(22-14-15-9-11-21-12-10-15)8-2-1-5-13-24-19(26)16-6-3-4-7-17(16)23-20(24)27/h3-4,6-7,9-12H,1-2,5,8,13-14H2,(H,22,25)(H,23,27). The molecule has 2 N–H and O–H groups in total. The van der Waals surface area contributed by atoms with Gasteiger partial charge >= 0.3 is 5.69 Å². The summed E-state index contributed by atoms with van der Waals surface area (Å²) in [6, 6.07) is 10.7. The summed E-state index contributed by atoms with van der Waals surface area (Å²) in [5.41, 5.74) is 0.890. The minimum Gasteiger partial charge on any atom is -0.352 e. The molecule has 0 aliphatic heterocycles. The lowest BCUT2D eigenvalue weighted by Gasteiger charge is -2.07. The molecule has 3 rings (SSSR count). The maximum atomic E-state index is 12.4. The van der Waals surface area contributed by atoms with Crippen LogP contribution in [0.1, 0.15) is 31.2 Å². The van der Waals surface area contributed by atoms with Gasteiger partial charge < -0.3 is 10.3 Å². The summed E-state index contributed by atoms with van der Waals surface area (Å²) >= 11 is 0. The Balaban J connectivity index is 1.44. The predicted molar refractivity (Wildman–Crippen MR) is 103 cm³/mol. The summed E-state index contributed by atoms with van der Waals surface area (Å²) in [4.78, 5) is 43.0. The molecular formula is C20H22N4O3. The fraction of sp³-hybridized carbons (Fsp3) is 0.300. The Labute approximate surface area is 156 Å². The third kappa shape index (κ3) is 4.91. The molecule has 2 aromatic heterocycles. The Bertz CT molecular complexity index is 1020. The van der Waals surface area contributed by atoms with E-state index in [1.54, 1.807) is 36.7 Å². The first-order valence-electron chi connectivity index (χ1n) is 9.02. The van der Waals surface area contributed by atoms with Crippen LogP contribution in [0.15, 0.2) is 58.4 Å². The molecule has 0 fully saturated rings. The molecule has 7 nitrogen and oxygen atoms in total. The van der Waals surface area contributed by atoms with Gasteiger partial charge in [-0.25, -0.2) is 4.79 Å². The van der Waals surface area contributed by atoms with Gasteiger partial charge in [0.1, 0.15) is 0 Å².